The number of fused-ring (bicyclic) bond motifs is 1. The number of carboxylic acids is 1. The second kappa shape index (κ2) is 6.88. The third-order valence-corrected chi connectivity index (χ3v) is 5.00. The molecular formula is C18H20FN5O4. The summed E-state index contributed by atoms with van der Waals surface area (Å²) < 4.78 is 16.6. The molecule has 1 aliphatic heterocycles. The predicted molar refractivity (Wildman–Crippen MR) is 99.4 cm³/mol. The number of nitrogens with two attached hydrogens (primary N) is 1. The van der Waals surface area contributed by atoms with E-state index in [0.717, 1.165) is 24.6 Å². The molecule has 1 fully saturated rings. The molecule has 4 rings (SSSR count). The Balaban J connectivity index is 1.91. The number of anilines is 1. The lowest BCUT2D eigenvalue weighted by Gasteiger charge is -2.24. The number of halogens is 1. The van der Waals surface area contributed by atoms with Crippen LogP contribution >= 0.6 is 0 Å². The fourth-order valence-electron chi connectivity index (χ4n) is 3.51. The molecule has 28 heavy (non-hydrogen) atoms. The molecule has 9 nitrogen and oxygen atoms in total. The molecule has 2 aromatic heterocycles. The summed E-state index contributed by atoms with van der Waals surface area (Å²) in [6.07, 6.45) is 5.20. The zero-order valence-corrected chi connectivity index (χ0v) is 15.2. The van der Waals surface area contributed by atoms with E-state index in [-0.39, 0.29) is 41.0 Å². The summed E-state index contributed by atoms with van der Waals surface area (Å²) in [5, 5.41) is 9.27. The number of carboxylic acid groups (broad SMARTS) is 1. The lowest BCUT2D eigenvalue weighted by atomic mass is 10.1. The maximum Gasteiger partial charge on any atom is 0.341 e. The van der Waals surface area contributed by atoms with Crippen molar-refractivity contribution < 1.29 is 19.1 Å². The number of nitrogens with one attached hydrogen (secondary N) is 1. The molecule has 148 valence electrons. The van der Waals surface area contributed by atoms with Crippen LogP contribution in [0.1, 0.15) is 35.7 Å². The minimum Gasteiger partial charge on any atom is -0.477 e. The first-order chi connectivity index (χ1) is 13.4. The standard InChI is InChI=1S/C18H20FN5O4/c1-28-22-9-4-11(6-20)23(7-9)17-14(19)5-12-15(25)13(18(26)27)8-24(10-2-3-10)16(12)21-17/h5,7-8,10-11,22H,2-4,6,20H2,1H3,(H,26,27). The first-order valence-corrected chi connectivity index (χ1v) is 8.91. The molecule has 1 atom stereocenters. The van der Waals surface area contributed by atoms with Gasteiger partial charge >= 0.3 is 5.97 Å². The van der Waals surface area contributed by atoms with Gasteiger partial charge in [-0.1, -0.05) is 0 Å². The predicted octanol–water partition coefficient (Wildman–Crippen LogP) is 1.10. The van der Waals surface area contributed by atoms with E-state index >= 15 is 0 Å². The largest absolute Gasteiger partial charge is 0.477 e. The summed E-state index contributed by atoms with van der Waals surface area (Å²) in [5.74, 6) is -2.03. The fraction of sp³-hybridized carbons (Fsp3) is 0.389. The van der Waals surface area contributed by atoms with Crippen molar-refractivity contribution in [3.8, 4) is 0 Å². The van der Waals surface area contributed by atoms with E-state index in [0.29, 0.717) is 6.42 Å². The zero-order chi connectivity index (χ0) is 20.0. The van der Waals surface area contributed by atoms with Crippen molar-refractivity contribution in [1.82, 2.24) is 15.0 Å². The number of carbonyl (C=O) groups is 1. The van der Waals surface area contributed by atoms with Gasteiger partial charge in [0.15, 0.2) is 11.6 Å². The number of aromatic nitrogens is 2. The van der Waals surface area contributed by atoms with Gasteiger partial charge in [0.2, 0.25) is 5.43 Å². The number of hydrogen-bond acceptors (Lipinski definition) is 7. The summed E-state index contributed by atoms with van der Waals surface area (Å²) >= 11 is 0. The normalized spacial score (nSPS) is 19.2. The SMILES string of the molecule is CONC1=CN(c2nc3c(cc2F)c(=O)c(C(=O)O)cn3C2CC2)C(CN)C1. The third-order valence-electron chi connectivity index (χ3n) is 5.00. The Bertz CT molecular complexity index is 1050. The molecule has 2 aromatic rings. The molecule has 3 heterocycles. The molecule has 0 aromatic carbocycles. The smallest absolute Gasteiger partial charge is 0.341 e. The number of hydroxylamine groups is 1. The molecule has 0 amide bonds. The van der Waals surface area contributed by atoms with Crippen LogP contribution in [0.4, 0.5) is 10.2 Å². The number of pyridine rings is 2. The monoisotopic (exact) mass is 389 g/mol. The lowest BCUT2D eigenvalue weighted by molar-refractivity contribution is 0.0695. The third kappa shape index (κ3) is 3.00. The van der Waals surface area contributed by atoms with Crippen molar-refractivity contribution in [3.05, 3.63) is 45.8 Å². The van der Waals surface area contributed by atoms with Crippen LogP contribution in [0.15, 0.2) is 29.0 Å². The summed E-state index contributed by atoms with van der Waals surface area (Å²) in [7, 11) is 1.48. The van der Waals surface area contributed by atoms with Crippen molar-refractivity contribution in [1.29, 1.82) is 0 Å². The van der Waals surface area contributed by atoms with Gasteiger partial charge in [-0.15, -0.1) is 0 Å². The maximum atomic E-state index is 14.9. The van der Waals surface area contributed by atoms with Gasteiger partial charge in [-0.25, -0.2) is 14.2 Å². The molecule has 1 saturated carbocycles. The molecule has 2 aliphatic rings. The molecule has 0 spiro atoms. The lowest BCUT2D eigenvalue weighted by Crippen LogP contribution is -2.35. The minimum atomic E-state index is -1.34. The number of aromatic carboxylic acids is 1. The van der Waals surface area contributed by atoms with E-state index in [1.54, 1.807) is 15.7 Å². The Kier molecular flexibility index (Phi) is 4.52. The van der Waals surface area contributed by atoms with Crippen LogP contribution in [0.25, 0.3) is 11.0 Å². The topological polar surface area (TPSA) is 123 Å². The molecule has 10 heteroatoms. The number of nitrogens with zero attached hydrogens (tertiary/aromatic N) is 3. The molecule has 0 radical (unpaired) electrons. The summed E-state index contributed by atoms with van der Waals surface area (Å²) in [4.78, 5) is 34.9. The van der Waals surface area contributed by atoms with E-state index < -0.39 is 17.2 Å². The highest BCUT2D eigenvalue weighted by atomic mass is 19.1. The number of hydrogen-bond donors (Lipinski definition) is 3. The fourth-order valence-corrected chi connectivity index (χ4v) is 3.51. The van der Waals surface area contributed by atoms with Gasteiger partial charge in [0.05, 0.1) is 24.2 Å². The first-order valence-electron chi connectivity index (χ1n) is 8.91. The van der Waals surface area contributed by atoms with E-state index in [9.17, 15) is 19.1 Å². The summed E-state index contributed by atoms with van der Waals surface area (Å²) in [5.41, 5.74) is 8.42. The summed E-state index contributed by atoms with van der Waals surface area (Å²) in [6.45, 7) is 0.262. The highest BCUT2D eigenvalue weighted by Gasteiger charge is 2.31. The average molecular weight is 389 g/mol. The van der Waals surface area contributed by atoms with Crippen molar-refractivity contribution in [2.75, 3.05) is 18.6 Å². The second-order valence-electron chi connectivity index (χ2n) is 6.94. The highest BCUT2D eigenvalue weighted by Crippen LogP contribution is 2.37. The van der Waals surface area contributed by atoms with E-state index in [2.05, 4.69) is 10.5 Å². The molecule has 1 aliphatic carbocycles. The quantitative estimate of drug-likeness (QED) is 0.628. The molecule has 4 N–H and O–H groups in total. The molecule has 0 bridgehead atoms. The minimum absolute atomic E-state index is 0.0349. The highest BCUT2D eigenvalue weighted by molar-refractivity contribution is 5.92. The van der Waals surface area contributed by atoms with Gasteiger partial charge in [-0.2, -0.15) is 0 Å². The van der Waals surface area contributed by atoms with Gasteiger partial charge < -0.3 is 20.3 Å². The van der Waals surface area contributed by atoms with Crippen molar-refractivity contribution in [2.45, 2.75) is 31.3 Å². The van der Waals surface area contributed by atoms with Gasteiger partial charge in [-0.05, 0) is 18.9 Å². The van der Waals surface area contributed by atoms with Crippen LogP contribution in [0.5, 0.6) is 0 Å². The molecule has 0 saturated heterocycles. The molecule has 1 unspecified atom stereocenters. The Morgan fingerprint density at radius 3 is 2.86 bits per heavy atom. The maximum absolute atomic E-state index is 14.9. The Labute approximate surface area is 159 Å². The first kappa shape index (κ1) is 18.4. The van der Waals surface area contributed by atoms with Crippen LogP contribution in [-0.4, -0.2) is 40.3 Å². The van der Waals surface area contributed by atoms with E-state index in [1.165, 1.54) is 13.3 Å². The van der Waals surface area contributed by atoms with Crippen LogP contribution in [0.3, 0.4) is 0 Å². The Morgan fingerprint density at radius 2 is 2.25 bits per heavy atom. The Hall–Kier alpha value is -2.98. The van der Waals surface area contributed by atoms with Crippen molar-refractivity contribution >= 4 is 22.8 Å². The van der Waals surface area contributed by atoms with Crippen LogP contribution in [0, 0.1) is 5.82 Å². The Morgan fingerprint density at radius 1 is 1.50 bits per heavy atom. The molecular weight excluding hydrogens is 369 g/mol. The second-order valence-corrected chi connectivity index (χ2v) is 6.94. The van der Waals surface area contributed by atoms with Gasteiger partial charge in [0.25, 0.3) is 0 Å². The van der Waals surface area contributed by atoms with E-state index in [1.807, 2.05) is 0 Å². The van der Waals surface area contributed by atoms with Gasteiger partial charge in [0.1, 0.15) is 11.2 Å². The van der Waals surface area contributed by atoms with Crippen LogP contribution in [-0.2, 0) is 4.84 Å². The average Bonchev–Trinajstić information content (AvgIpc) is 3.42. The van der Waals surface area contributed by atoms with Crippen LogP contribution in [0.2, 0.25) is 0 Å². The van der Waals surface area contributed by atoms with Crippen molar-refractivity contribution in [2.24, 2.45) is 5.73 Å². The van der Waals surface area contributed by atoms with Crippen molar-refractivity contribution in [3.63, 3.8) is 0 Å². The zero-order valence-electron chi connectivity index (χ0n) is 15.2. The number of rotatable bonds is 6. The summed E-state index contributed by atoms with van der Waals surface area (Å²) in [6, 6.07) is 0.891. The van der Waals surface area contributed by atoms with Gasteiger partial charge in [0, 0.05) is 31.4 Å². The van der Waals surface area contributed by atoms with E-state index in [4.69, 9.17) is 10.6 Å². The van der Waals surface area contributed by atoms with Crippen LogP contribution < -0.4 is 21.5 Å². The van der Waals surface area contributed by atoms with Gasteiger partial charge in [-0.3, -0.25) is 15.1 Å².